The van der Waals surface area contributed by atoms with E-state index in [9.17, 15) is 19.4 Å². The Bertz CT molecular complexity index is 1430. The topological polar surface area (TPSA) is 108 Å². The molecule has 3 unspecified atom stereocenters. The lowest BCUT2D eigenvalue weighted by Crippen LogP contribution is -2.45. The van der Waals surface area contributed by atoms with E-state index in [-0.39, 0.29) is 19.1 Å². The number of likely N-dealkylation sites (N-methyl/N-ethyl adjacent to an activating group) is 1. The molecule has 0 aromatic heterocycles. The first-order valence-electron chi connectivity index (χ1n) is 36.4. The van der Waals surface area contributed by atoms with Crippen LogP contribution >= 0.6 is 7.82 Å². The molecular formula is C73H143N2O6P. The fourth-order valence-corrected chi connectivity index (χ4v) is 11.9. The van der Waals surface area contributed by atoms with Gasteiger partial charge < -0.3 is 28.8 Å². The van der Waals surface area contributed by atoms with Gasteiger partial charge in [-0.25, -0.2) is 0 Å². The number of unbranched alkanes of at least 4 members (excludes halogenated alkanes) is 51. The van der Waals surface area contributed by atoms with E-state index in [0.29, 0.717) is 17.4 Å². The number of amides is 1. The number of quaternary nitrogens is 1. The lowest BCUT2D eigenvalue weighted by molar-refractivity contribution is -0.870. The van der Waals surface area contributed by atoms with E-state index in [1.54, 1.807) is 6.08 Å². The van der Waals surface area contributed by atoms with Crippen LogP contribution in [0.1, 0.15) is 373 Å². The Morgan fingerprint density at radius 1 is 0.427 bits per heavy atom. The highest BCUT2D eigenvalue weighted by molar-refractivity contribution is 7.45. The molecule has 0 bridgehead atoms. The van der Waals surface area contributed by atoms with Crippen LogP contribution in [0, 0.1) is 0 Å². The van der Waals surface area contributed by atoms with Crippen molar-refractivity contribution in [1.29, 1.82) is 0 Å². The number of carbonyl (C=O) groups is 1. The van der Waals surface area contributed by atoms with Crippen LogP contribution in [-0.2, 0) is 18.4 Å². The molecule has 0 aliphatic carbocycles. The third-order valence-electron chi connectivity index (χ3n) is 16.8. The highest BCUT2D eigenvalue weighted by Gasteiger charge is 2.23. The van der Waals surface area contributed by atoms with E-state index in [1.807, 2.05) is 27.2 Å². The molecule has 0 fully saturated rings. The Hall–Kier alpha value is -1.28. The van der Waals surface area contributed by atoms with Gasteiger partial charge in [0, 0.05) is 6.42 Å². The Morgan fingerprint density at radius 3 is 1.01 bits per heavy atom. The average molecular weight is 1180 g/mol. The van der Waals surface area contributed by atoms with Crippen LogP contribution < -0.4 is 10.2 Å². The Balaban J connectivity index is 3.88. The molecule has 3 atom stereocenters. The van der Waals surface area contributed by atoms with Gasteiger partial charge in [-0.15, -0.1) is 0 Å². The second-order valence-electron chi connectivity index (χ2n) is 26.3. The summed E-state index contributed by atoms with van der Waals surface area (Å²) in [4.78, 5) is 25.6. The molecule has 2 N–H and O–H groups in total. The summed E-state index contributed by atoms with van der Waals surface area (Å²) in [7, 11) is 1.28. The van der Waals surface area contributed by atoms with E-state index in [1.165, 1.54) is 308 Å². The van der Waals surface area contributed by atoms with Gasteiger partial charge in [0.1, 0.15) is 13.2 Å². The summed E-state index contributed by atoms with van der Waals surface area (Å²) < 4.78 is 23.4. The molecule has 0 aromatic rings. The summed E-state index contributed by atoms with van der Waals surface area (Å²) >= 11 is 0. The first-order chi connectivity index (χ1) is 40.0. The molecule has 0 aromatic carbocycles. The van der Waals surface area contributed by atoms with Gasteiger partial charge in [-0.1, -0.05) is 352 Å². The normalized spacial score (nSPS) is 13.8. The fraction of sp³-hybridized carbons (Fsp3) is 0.904. The summed E-state index contributed by atoms with van der Waals surface area (Å²) in [5.41, 5.74) is 0. The van der Waals surface area contributed by atoms with Crippen molar-refractivity contribution in [1.82, 2.24) is 5.32 Å². The summed E-state index contributed by atoms with van der Waals surface area (Å²) in [5.74, 6) is -0.189. The minimum absolute atomic E-state index is 0.00176. The molecule has 0 rings (SSSR count). The fourth-order valence-electron chi connectivity index (χ4n) is 11.2. The predicted octanol–water partition coefficient (Wildman–Crippen LogP) is 22.6. The SMILES string of the molecule is CCCCCCC/C=C\C/C=C\CCCCCCCCCCCCCCCCCCCCCCCCCCCCCCCC(=O)NC(COP(=O)([O-])OCC[N+](C)(C)C)C(O)/C=C/CCCCCCCCCCCCCCCCCCC. The highest BCUT2D eigenvalue weighted by atomic mass is 31.2. The van der Waals surface area contributed by atoms with Crippen molar-refractivity contribution in [3.63, 3.8) is 0 Å². The Labute approximate surface area is 512 Å². The maximum Gasteiger partial charge on any atom is 0.268 e. The molecule has 0 saturated carbocycles. The van der Waals surface area contributed by atoms with Crippen molar-refractivity contribution in [2.75, 3.05) is 40.9 Å². The molecule has 0 heterocycles. The van der Waals surface area contributed by atoms with E-state index in [2.05, 4.69) is 43.5 Å². The van der Waals surface area contributed by atoms with Crippen LogP contribution in [0.25, 0.3) is 0 Å². The number of aliphatic hydroxyl groups is 1. The number of aliphatic hydroxyl groups excluding tert-OH is 1. The lowest BCUT2D eigenvalue weighted by atomic mass is 10.0. The van der Waals surface area contributed by atoms with Gasteiger partial charge in [0.15, 0.2) is 0 Å². The van der Waals surface area contributed by atoms with Crippen LogP contribution in [0.5, 0.6) is 0 Å². The minimum atomic E-state index is -4.60. The monoisotopic (exact) mass is 1180 g/mol. The second-order valence-corrected chi connectivity index (χ2v) is 27.7. The van der Waals surface area contributed by atoms with Crippen LogP contribution in [0.15, 0.2) is 36.5 Å². The first-order valence-corrected chi connectivity index (χ1v) is 37.8. The van der Waals surface area contributed by atoms with Gasteiger partial charge in [0.05, 0.1) is 39.9 Å². The molecule has 486 valence electrons. The molecular weight excluding hydrogens is 1030 g/mol. The van der Waals surface area contributed by atoms with E-state index in [0.717, 1.165) is 44.9 Å². The molecule has 1 amide bonds. The number of phosphoric ester groups is 1. The van der Waals surface area contributed by atoms with Gasteiger partial charge in [-0.05, 0) is 51.4 Å². The number of hydrogen-bond acceptors (Lipinski definition) is 6. The zero-order valence-corrected chi connectivity index (χ0v) is 56.6. The molecule has 0 saturated heterocycles. The number of hydrogen-bond donors (Lipinski definition) is 2. The van der Waals surface area contributed by atoms with Crippen LogP contribution in [0.2, 0.25) is 0 Å². The summed E-state index contributed by atoms with van der Waals surface area (Å²) in [6, 6.07) is -0.885. The standard InChI is InChI=1S/C73H143N2O6P/c1-6-8-10-12-14-16-18-20-22-24-26-27-28-29-30-31-32-33-34-35-36-37-38-39-40-41-42-43-44-45-46-47-49-51-53-55-57-59-61-63-65-67-73(77)74-71(70-81-82(78,79)80-69-68-75(3,4)5)72(76)66-64-62-60-58-56-54-52-50-48-25-23-21-19-17-15-13-11-9-7-2/h18,20,24,26,64,66,71-72,76H,6-17,19,21-23,25,27-63,65,67-70H2,1-5H3,(H-,74,77,78,79)/b20-18-,26-24-,66-64+. The van der Waals surface area contributed by atoms with Gasteiger partial charge in [-0.3, -0.25) is 9.36 Å². The van der Waals surface area contributed by atoms with Crippen molar-refractivity contribution in [3.8, 4) is 0 Å². The lowest BCUT2D eigenvalue weighted by Gasteiger charge is -2.29. The summed E-state index contributed by atoms with van der Waals surface area (Å²) in [6.07, 6.45) is 85.7. The largest absolute Gasteiger partial charge is 0.756 e. The molecule has 8 nitrogen and oxygen atoms in total. The molecule has 82 heavy (non-hydrogen) atoms. The minimum Gasteiger partial charge on any atom is -0.756 e. The van der Waals surface area contributed by atoms with Crippen molar-refractivity contribution >= 4 is 13.7 Å². The van der Waals surface area contributed by atoms with Gasteiger partial charge in [0.2, 0.25) is 5.91 Å². The number of phosphoric acid groups is 1. The summed E-state index contributed by atoms with van der Waals surface area (Å²) in [5, 5.41) is 13.9. The van der Waals surface area contributed by atoms with Gasteiger partial charge in [0.25, 0.3) is 7.82 Å². The number of rotatable bonds is 68. The zero-order chi connectivity index (χ0) is 59.8. The zero-order valence-electron chi connectivity index (χ0n) is 55.7. The highest BCUT2D eigenvalue weighted by Crippen LogP contribution is 2.38. The molecule has 0 aliphatic heterocycles. The van der Waals surface area contributed by atoms with Crippen molar-refractivity contribution in [2.24, 2.45) is 0 Å². The quantitative estimate of drug-likeness (QED) is 0.0272. The Morgan fingerprint density at radius 2 is 0.707 bits per heavy atom. The first kappa shape index (κ1) is 80.7. The molecule has 0 radical (unpaired) electrons. The van der Waals surface area contributed by atoms with E-state index < -0.39 is 20.0 Å². The number of allylic oxidation sites excluding steroid dienone is 5. The van der Waals surface area contributed by atoms with Crippen LogP contribution in [-0.4, -0.2) is 68.5 Å². The van der Waals surface area contributed by atoms with Crippen LogP contribution in [0.4, 0.5) is 0 Å². The van der Waals surface area contributed by atoms with Crippen LogP contribution in [0.3, 0.4) is 0 Å². The third-order valence-corrected chi connectivity index (χ3v) is 17.8. The third kappa shape index (κ3) is 66.2. The molecule has 0 aliphatic rings. The number of carbonyl (C=O) groups excluding carboxylic acids is 1. The molecule has 9 heteroatoms. The predicted molar refractivity (Wildman–Crippen MR) is 358 cm³/mol. The number of nitrogens with zero attached hydrogens (tertiary/aromatic N) is 1. The van der Waals surface area contributed by atoms with E-state index in [4.69, 9.17) is 9.05 Å². The number of nitrogens with one attached hydrogen (secondary N) is 1. The molecule has 0 spiro atoms. The van der Waals surface area contributed by atoms with Gasteiger partial charge >= 0.3 is 0 Å². The Kier molecular flexibility index (Phi) is 63.2. The maximum atomic E-state index is 13.0. The maximum absolute atomic E-state index is 13.0. The van der Waals surface area contributed by atoms with Crippen molar-refractivity contribution in [3.05, 3.63) is 36.5 Å². The smallest absolute Gasteiger partial charge is 0.268 e. The van der Waals surface area contributed by atoms with Crippen molar-refractivity contribution in [2.45, 2.75) is 386 Å². The second kappa shape index (κ2) is 64.2. The van der Waals surface area contributed by atoms with Crippen molar-refractivity contribution < 1.29 is 32.9 Å². The van der Waals surface area contributed by atoms with Gasteiger partial charge in [-0.2, -0.15) is 0 Å². The average Bonchev–Trinajstić information content (AvgIpc) is 3.47. The summed E-state index contributed by atoms with van der Waals surface area (Å²) in [6.45, 7) is 4.69. The van der Waals surface area contributed by atoms with E-state index >= 15 is 0 Å².